The summed E-state index contributed by atoms with van der Waals surface area (Å²) in [6.45, 7) is 1.78. The molecule has 0 spiro atoms. The van der Waals surface area contributed by atoms with E-state index in [0.29, 0.717) is 11.6 Å². The summed E-state index contributed by atoms with van der Waals surface area (Å²) in [6.07, 6.45) is 0. The first-order chi connectivity index (χ1) is 7.63. The molecule has 0 unspecified atom stereocenters. The molecule has 82 valence electrons. The van der Waals surface area contributed by atoms with E-state index < -0.39 is 0 Å². The molecule has 4 nitrogen and oxygen atoms in total. The number of H-pyrrole nitrogens is 1. The van der Waals surface area contributed by atoms with Gasteiger partial charge in [0.05, 0.1) is 0 Å². The SMILES string of the molecule is Cc1cc(=O)[nH]c(Nc2ccc(Br)cc2)n1. The average Bonchev–Trinajstić information content (AvgIpc) is 2.20. The summed E-state index contributed by atoms with van der Waals surface area (Å²) in [5, 5.41) is 3.03. The molecule has 16 heavy (non-hydrogen) atoms. The lowest BCUT2D eigenvalue weighted by atomic mass is 10.3. The number of aromatic nitrogens is 2. The van der Waals surface area contributed by atoms with E-state index in [-0.39, 0.29) is 5.56 Å². The topological polar surface area (TPSA) is 57.8 Å². The zero-order valence-corrected chi connectivity index (χ0v) is 10.2. The van der Waals surface area contributed by atoms with Gasteiger partial charge in [0, 0.05) is 21.9 Å². The first-order valence-corrected chi connectivity index (χ1v) is 5.53. The van der Waals surface area contributed by atoms with Crippen LogP contribution in [0.2, 0.25) is 0 Å². The summed E-state index contributed by atoms with van der Waals surface area (Å²) in [6, 6.07) is 9.07. The van der Waals surface area contributed by atoms with E-state index >= 15 is 0 Å². The minimum Gasteiger partial charge on any atom is -0.326 e. The molecule has 1 aromatic heterocycles. The summed E-state index contributed by atoms with van der Waals surface area (Å²) >= 11 is 3.35. The van der Waals surface area contributed by atoms with Crippen LogP contribution in [0, 0.1) is 6.92 Å². The van der Waals surface area contributed by atoms with Crippen LogP contribution in [-0.4, -0.2) is 9.97 Å². The number of rotatable bonds is 2. The Kier molecular flexibility index (Phi) is 3.05. The Morgan fingerprint density at radius 1 is 1.31 bits per heavy atom. The van der Waals surface area contributed by atoms with Gasteiger partial charge in [-0.3, -0.25) is 9.78 Å². The molecule has 0 saturated heterocycles. The molecule has 2 rings (SSSR count). The molecule has 1 aromatic carbocycles. The molecular formula is C11H10BrN3O. The van der Waals surface area contributed by atoms with Crippen LogP contribution in [0.5, 0.6) is 0 Å². The van der Waals surface area contributed by atoms with Crippen LogP contribution in [0.25, 0.3) is 0 Å². The van der Waals surface area contributed by atoms with Crippen LogP contribution in [0.1, 0.15) is 5.69 Å². The van der Waals surface area contributed by atoms with Gasteiger partial charge in [0.1, 0.15) is 0 Å². The zero-order valence-electron chi connectivity index (χ0n) is 8.62. The highest BCUT2D eigenvalue weighted by atomic mass is 79.9. The first kappa shape index (κ1) is 10.9. The van der Waals surface area contributed by atoms with Crippen molar-refractivity contribution in [3.63, 3.8) is 0 Å². The van der Waals surface area contributed by atoms with E-state index in [1.807, 2.05) is 24.3 Å². The van der Waals surface area contributed by atoms with E-state index in [9.17, 15) is 4.79 Å². The average molecular weight is 280 g/mol. The largest absolute Gasteiger partial charge is 0.326 e. The lowest BCUT2D eigenvalue weighted by Crippen LogP contribution is -2.10. The Labute approximate surface area is 101 Å². The zero-order chi connectivity index (χ0) is 11.5. The summed E-state index contributed by atoms with van der Waals surface area (Å²) < 4.78 is 1.00. The maximum atomic E-state index is 11.2. The molecule has 0 fully saturated rings. The van der Waals surface area contributed by atoms with E-state index in [2.05, 4.69) is 31.2 Å². The lowest BCUT2D eigenvalue weighted by Gasteiger charge is -2.05. The quantitative estimate of drug-likeness (QED) is 0.889. The van der Waals surface area contributed by atoms with Gasteiger partial charge >= 0.3 is 0 Å². The molecule has 0 aliphatic carbocycles. The van der Waals surface area contributed by atoms with E-state index in [1.165, 1.54) is 6.07 Å². The molecule has 0 radical (unpaired) electrons. The maximum Gasteiger partial charge on any atom is 0.252 e. The molecule has 5 heteroatoms. The fourth-order valence-corrected chi connectivity index (χ4v) is 1.57. The van der Waals surface area contributed by atoms with Crippen molar-refractivity contribution in [1.29, 1.82) is 0 Å². The van der Waals surface area contributed by atoms with Crippen LogP contribution in [-0.2, 0) is 0 Å². The second-order valence-electron chi connectivity index (χ2n) is 3.37. The van der Waals surface area contributed by atoms with Gasteiger partial charge in [-0.05, 0) is 31.2 Å². The van der Waals surface area contributed by atoms with Crippen molar-refractivity contribution in [3.8, 4) is 0 Å². The first-order valence-electron chi connectivity index (χ1n) is 4.74. The summed E-state index contributed by atoms with van der Waals surface area (Å²) in [5.74, 6) is 0.451. The Balaban J connectivity index is 2.26. The smallest absolute Gasteiger partial charge is 0.252 e. The van der Waals surface area contributed by atoms with Crippen LogP contribution in [0.3, 0.4) is 0 Å². The fraction of sp³-hybridized carbons (Fsp3) is 0.0909. The van der Waals surface area contributed by atoms with Gasteiger partial charge in [-0.15, -0.1) is 0 Å². The summed E-state index contributed by atoms with van der Waals surface area (Å²) in [7, 11) is 0. The Hall–Kier alpha value is -1.62. The van der Waals surface area contributed by atoms with Crippen molar-refractivity contribution >= 4 is 27.6 Å². The Bertz CT molecular complexity index is 548. The molecule has 0 aliphatic rings. The minimum absolute atomic E-state index is 0.160. The highest BCUT2D eigenvalue weighted by Crippen LogP contribution is 2.16. The van der Waals surface area contributed by atoms with Crippen LogP contribution in [0.4, 0.5) is 11.6 Å². The van der Waals surface area contributed by atoms with Gasteiger partial charge in [0.15, 0.2) is 0 Å². The van der Waals surface area contributed by atoms with Gasteiger partial charge in [0.25, 0.3) is 5.56 Å². The Morgan fingerprint density at radius 2 is 2.00 bits per heavy atom. The van der Waals surface area contributed by atoms with Crippen molar-refractivity contribution in [2.75, 3.05) is 5.32 Å². The van der Waals surface area contributed by atoms with Gasteiger partial charge in [0.2, 0.25) is 5.95 Å². The highest BCUT2D eigenvalue weighted by Gasteiger charge is 1.98. The second-order valence-corrected chi connectivity index (χ2v) is 4.28. The van der Waals surface area contributed by atoms with Crippen molar-refractivity contribution < 1.29 is 0 Å². The molecule has 1 heterocycles. The fourth-order valence-electron chi connectivity index (χ4n) is 1.31. The summed E-state index contributed by atoms with van der Waals surface area (Å²) in [4.78, 5) is 18.0. The molecule has 0 atom stereocenters. The third-order valence-corrected chi connectivity index (χ3v) is 2.51. The molecule has 2 aromatic rings. The monoisotopic (exact) mass is 279 g/mol. The van der Waals surface area contributed by atoms with Crippen molar-refractivity contribution in [2.45, 2.75) is 6.92 Å². The number of aryl methyl sites for hydroxylation is 1. The predicted octanol–water partition coefficient (Wildman–Crippen LogP) is 2.58. The molecule has 0 bridgehead atoms. The van der Waals surface area contributed by atoms with Crippen LogP contribution < -0.4 is 10.9 Å². The molecule has 2 N–H and O–H groups in total. The number of benzene rings is 1. The standard InChI is InChI=1S/C11H10BrN3O/c1-7-6-10(16)15-11(13-7)14-9-4-2-8(12)3-5-9/h2-6H,1H3,(H2,13,14,15,16). The second kappa shape index (κ2) is 4.49. The lowest BCUT2D eigenvalue weighted by molar-refractivity contribution is 1.07. The number of hydrogen-bond donors (Lipinski definition) is 2. The number of nitrogens with zero attached hydrogens (tertiary/aromatic N) is 1. The van der Waals surface area contributed by atoms with E-state index in [4.69, 9.17) is 0 Å². The van der Waals surface area contributed by atoms with Gasteiger partial charge in [-0.25, -0.2) is 4.98 Å². The van der Waals surface area contributed by atoms with Crippen molar-refractivity contribution in [2.24, 2.45) is 0 Å². The van der Waals surface area contributed by atoms with Gasteiger partial charge in [-0.1, -0.05) is 15.9 Å². The Morgan fingerprint density at radius 3 is 2.62 bits per heavy atom. The number of nitrogens with one attached hydrogen (secondary N) is 2. The molecular weight excluding hydrogens is 270 g/mol. The number of aromatic amines is 1. The van der Waals surface area contributed by atoms with Gasteiger partial charge < -0.3 is 5.32 Å². The summed E-state index contributed by atoms with van der Waals surface area (Å²) in [5.41, 5.74) is 1.40. The van der Waals surface area contributed by atoms with Crippen molar-refractivity contribution in [1.82, 2.24) is 9.97 Å². The van der Waals surface area contributed by atoms with Gasteiger partial charge in [-0.2, -0.15) is 0 Å². The van der Waals surface area contributed by atoms with E-state index in [1.54, 1.807) is 6.92 Å². The number of hydrogen-bond acceptors (Lipinski definition) is 3. The maximum absolute atomic E-state index is 11.2. The third-order valence-electron chi connectivity index (χ3n) is 1.98. The third kappa shape index (κ3) is 2.70. The van der Waals surface area contributed by atoms with Crippen molar-refractivity contribution in [3.05, 3.63) is 50.9 Å². The number of halogens is 1. The predicted molar refractivity (Wildman–Crippen MR) is 67.0 cm³/mol. The minimum atomic E-state index is -0.160. The molecule has 0 saturated carbocycles. The van der Waals surface area contributed by atoms with Crippen LogP contribution in [0.15, 0.2) is 39.6 Å². The van der Waals surface area contributed by atoms with E-state index in [0.717, 1.165) is 10.2 Å². The normalized spacial score (nSPS) is 10.1. The highest BCUT2D eigenvalue weighted by molar-refractivity contribution is 9.10. The van der Waals surface area contributed by atoms with Crippen LogP contribution >= 0.6 is 15.9 Å². The molecule has 0 amide bonds. The number of anilines is 2. The molecule has 0 aliphatic heterocycles.